The van der Waals surface area contributed by atoms with Crippen LogP contribution in [-0.2, 0) is 0 Å². The van der Waals surface area contributed by atoms with Crippen LogP contribution in [0.4, 0.5) is 16.2 Å². The number of nitrogens with zero attached hydrogens (tertiary/aromatic N) is 1. The number of carbonyl (C=O) groups is 1. The molecule has 4 rings (SSSR count). The first kappa shape index (κ1) is 20.0. The highest BCUT2D eigenvalue weighted by Gasteiger charge is 2.07. The van der Waals surface area contributed by atoms with Crippen molar-refractivity contribution in [1.82, 2.24) is 0 Å². The van der Waals surface area contributed by atoms with E-state index in [1.165, 1.54) is 0 Å². The standard InChI is InChI=1S/C24H16Cl2N2O2/c25-21-13-10-18(14-22(21)26)28-24(29)30-19-11-8-16(9-12-19)15-27-23-7-3-5-17-4-1-2-6-20(17)23/h1-15H,(H,28,29). The van der Waals surface area contributed by atoms with Gasteiger partial charge in [0, 0.05) is 17.3 Å². The number of aliphatic imine (C=N–C) groups is 1. The summed E-state index contributed by atoms with van der Waals surface area (Å²) in [6.45, 7) is 0. The van der Waals surface area contributed by atoms with Crippen molar-refractivity contribution in [2.45, 2.75) is 0 Å². The fourth-order valence-electron chi connectivity index (χ4n) is 2.91. The molecule has 0 saturated carbocycles. The lowest BCUT2D eigenvalue weighted by atomic mass is 10.1. The van der Waals surface area contributed by atoms with Crippen molar-refractivity contribution in [3.63, 3.8) is 0 Å². The van der Waals surface area contributed by atoms with Crippen LogP contribution in [0.3, 0.4) is 0 Å². The molecule has 0 radical (unpaired) electrons. The van der Waals surface area contributed by atoms with Crippen molar-refractivity contribution in [3.8, 4) is 5.75 Å². The lowest BCUT2D eigenvalue weighted by Gasteiger charge is -2.07. The molecule has 0 heterocycles. The van der Waals surface area contributed by atoms with Gasteiger partial charge < -0.3 is 4.74 Å². The number of anilines is 1. The van der Waals surface area contributed by atoms with Gasteiger partial charge in [-0.1, -0.05) is 59.6 Å². The number of carbonyl (C=O) groups excluding carboxylic acids is 1. The molecule has 0 unspecified atom stereocenters. The first-order valence-electron chi connectivity index (χ1n) is 9.14. The number of amides is 1. The molecule has 0 aliphatic carbocycles. The minimum Gasteiger partial charge on any atom is -0.410 e. The Kier molecular flexibility index (Phi) is 5.98. The van der Waals surface area contributed by atoms with Crippen LogP contribution in [0.1, 0.15) is 5.56 Å². The maximum Gasteiger partial charge on any atom is 0.417 e. The monoisotopic (exact) mass is 434 g/mol. The molecule has 0 bridgehead atoms. The van der Waals surface area contributed by atoms with Crippen molar-refractivity contribution in [3.05, 3.63) is 101 Å². The summed E-state index contributed by atoms with van der Waals surface area (Å²) in [5.74, 6) is 0.412. The van der Waals surface area contributed by atoms with Crippen molar-refractivity contribution in [1.29, 1.82) is 0 Å². The Bertz CT molecular complexity index is 1230. The second kappa shape index (κ2) is 8.99. The van der Waals surface area contributed by atoms with Crippen molar-refractivity contribution in [2.75, 3.05) is 5.32 Å². The van der Waals surface area contributed by atoms with E-state index in [1.54, 1.807) is 36.5 Å². The van der Waals surface area contributed by atoms with Gasteiger partial charge in [-0.3, -0.25) is 10.3 Å². The van der Waals surface area contributed by atoms with Crippen LogP contribution in [-0.4, -0.2) is 12.3 Å². The molecule has 0 fully saturated rings. The van der Waals surface area contributed by atoms with Gasteiger partial charge in [0.25, 0.3) is 0 Å². The van der Waals surface area contributed by atoms with Crippen LogP contribution in [0.15, 0.2) is 89.9 Å². The Hall–Kier alpha value is -3.34. The van der Waals surface area contributed by atoms with Gasteiger partial charge in [0.05, 0.1) is 15.7 Å². The van der Waals surface area contributed by atoms with Crippen LogP contribution < -0.4 is 10.1 Å². The fraction of sp³-hybridized carbons (Fsp3) is 0. The highest BCUT2D eigenvalue weighted by Crippen LogP contribution is 2.26. The van der Waals surface area contributed by atoms with E-state index in [9.17, 15) is 4.79 Å². The lowest BCUT2D eigenvalue weighted by Crippen LogP contribution is -2.16. The maximum atomic E-state index is 12.1. The summed E-state index contributed by atoms with van der Waals surface area (Å²) in [5, 5.41) is 5.61. The maximum absolute atomic E-state index is 12.1. The Morgan fingerprint density at radius 2 is 1.63 bits per heavy atom. The third-order valence-corrected chi connectivity index (χ3v) is 5.12. The van der Waals surface area contributed by atoms with E-state index in [2.05, 4.69) is 22.4 Å². The van der Waals surface area contributed by atoms with Crippen molar-refractivity contribution < 1.29 is 9.53 Å². The molecule has 30 heavy (non-hydrogen) atoms. The summed E-state index contributed by atoms with van der Waals surface area (Å²) >= 11 is 11.8. The third-order valence-electron chi connectivity index (χ3n) is 4.38. The van der Waals surface area contributed by atoms with Gasteiger partial charge in [0.1, 0.15) is 5.75 Å². The van der Waals surface area contributed by atoms with Crippen LogP contribution in [0.2, 0.25) is 10.0 Å². The lowest BCUT2D eigenvalue weighted by molar-refractivity contribution is 0.215. The molecule has 0 saturated heterocycles. The first-order chi connectivity index (χ1) is 14.6. The minimum absolute atomic E-state index is 0.351. The number of ether oxygens (including phenoxy) is 1. The summed E-state index contributed by atoms with van der Waals surface area (Å²) in [6.07, 6.45) is 1.16. The Morgan fingerprint density at radius 1 is 0.867 bits per heavy atom. The number of benzene rings is 4. The fourth-order valence-corrected chi connectivity index (χ4v) is 3.21. The van der Waals surface area contributed by atoms with Crippen molar-refractivity contribution >= 4 is 57.7 Å². The quantitative estimate of drug-likeness (QED) is 0.337. The molecule has 4 aromatic rings. The molecule has 0 atom stereocenters. The summed E-state index contributed by atoms with van der Waals surface area (Å²) in [5.41, 5.74) is 2.28. The van der Waals surface area contributed by atoms with Gasteiger partial charge in [0.15, 0.2) is 0 Å². The van der Waals surface area contributed by atoms with E-state index in [0.717, 1.165) is 22.0 Å². The van der Waals surface area contributed by atoms with E-state index in [1.807, 2.05) is 42.5 Å². The largest absolute Gasteiger partial charge is 0.417 e. The van der Waals surface area contributed by atoms with Crippen molar-refractivity contribution in [2.24, 2.45) is 4.99 Å². The van der Waals surface area contributed by atoms with Gasteiger partial charge in [-0.05, 0) is 59.5 Å². The zero-order valence-corrected chi connectivity index (χ0v) is 17.2. The predicted molar refractivity (Wildman–Crippen MR) is 124 cm³/mol. The normalized spacial score (nSPS) is 11.0. The van der Waals surface area contributed by atoms with Crippen LogP contribution in [0.5, 0.6) is 5.75 Å². The van der Waals surface area contributed by atoms with E-state index < -0.39 is 6.09 Å². The van der Waals surface area contributed by atoms with Gasteiger partial charge in [-0.15, -0.1) is 0 Å². The molecule has 0 aliphatic rings. The molecule has 0 aliphatic heterocycles. The third kappa shape index (κ3) is 4.79. The number of hydrogen-bond donors (Lipinski definition) is 1. The predicted octanol–water partition coefficient (Wildman–Crippen LogP) is 7.51. The molecule has 4 nitrogen and oxygen atoms in total. The highest BCUT2D eigenvalue weighted by molar-refractivity contribution is 6.42. The molecule has 148 valence electrons. The summed E-state index contributed by atoms with van der Waals surface area (Å²) < 4.78 is 5.29. The average molecular weight is 435 g/mol. The van der Waals surface area contributed by atoms with Gasteiger partial charge in [-0.25, -0.2) is 4.79 Å². The number of hydrogen-bond acceptors (Lipinski definition) is 3. The summed E-state index contributed by atoms with van der Waals surface area (Å²) in [4.78, 5) is 16.7. The molecular formula is C24H16Cl2N2O2. The van der Waals surface area contributed by atoms with Crippen LogP contribution in [0.25, 0.3) is 10.8 Å². The second-order valence-corrected chi connectivity index (χ2v) is 7.28. The Morgan fingerprint density at radius 3 is 2.43 bits per heavy atom. The molecule has 4 aromatic carbocycles. The van der Waals surface area contributed by atoms with E-state index in [0.29, 0.717) is 21.5 Å². The number of nitrogens with one attached hydrogen (secondary N) is 1. The Labute approximate surface area is 183 Å². The summed E-state index contributed by atoms with van der Waals surface area (Å²) in [7, 11) is 0. The highest BCUT2D eigenvalue weighted by atomic mass is 35.5. The SMILES string of the molecule is O=C(Nc1ccc(Cl)c(Cl)c1)Oc1ccc(C=Nc2cccc3ccccc23)cc1. The van der Waals surface area contributed by atoms with E-state index >= 15 is 0 Å². The van der Waals surface area contributed by atoms with E-state index in [-0.39, 0.29) is 0 Å². The molecule has 6 heteroatoms. The summed E-state index contributed by atoms with van der Waals surface area (Å²) in [6, 6.07) is 26.0. The molecule has 0 spiro atoms. The zero-order valence-electron chi connectivity index (χ0n) is 15.7. The second-order valence-electron chi connectivity index (χ2n) is 6.47. The zero-order chi connectivity index (χ0) is 20.9. The number of fused-ring (bicyclic) bond motifs is 1. The number of halogens is 2. The van der Waals surface area contributed by atoms with Gasteiger partial charge >= 0.3 is 6.09 Å². The van der Waals surface area contributed by atoms with E-state index in [4.69, 9.17) is 27.9 Å². The average Bonchev–Trinajstić information content (AvgIpc) is 2.76. The smallest absolute Gasteiger partial charge is 0.410 e. The van der Waals surface area contributed by atoms with Gasteiger partial charge in [-0.2, -0.15) is 0 Å². The molecule has 0 aromatic heterocycles. The molecule has 1 amide bonds. The topological polar surface area (TPSA) is 50.7 Å². The molecule has 1 N–H and O–H groups in total. The van der Waals surface area contributed by atoms with Gasteiger partial charge in [0.2, 0.25) is 0 Å². The van der Waals surface area contributed by atoms with Crippen LogP contribution >= 0.6 is 23.2 Å². The first-order valence-corrected chi connectivity index (χ1v) is 9.90. The van der Waals surface area contributed by atoms with Crippen LogP contribution in [0, 0.1) is 0 Å². The Balaban J connectivity index is 1.41. The number of rotatable bonds is 4. The minimum atomic E-state index is -0.620. The molecular weight excluding hydrogens is 419 g/mol.